The average Bonchev–Trinajstić information content (AvgIpc) is 3.52. The Hall–Kier alpha value is -2.51. The standard InChI is InChI=1S/C16H13ClN4S.C7H13NO/c1-22-16-11-4-2-3-5-14(11)21(20-16)9-15-18-12-7-6-10(17)8-13(12)19-15;1-2-7(9)8-5-3-4-6-8/h2-8H,9H2,1H3,(H,18,19);2-6H2,1H3. The number of benzene rings is 2. The number of halogens is 1. The van der Waals surface area contributed by atoms with Crippen molar-refractivity contribution in [3.63, 3.8) is 0 Å². The highest BCUT2D eigenvalue weighted by molar-refractivity contribution is 7.98. The fourth-order valence-electron chi connectivity index (χ4n) is 3.81. The predicted octanol–water partition coefficient (Wildman–Crippen LogP) is 5.36. The van der Waals surface area contributed by atoms with Gasteiger partial charge in [-0.15, -0.1) is 11.8 Å². The molecule has 6 nitrogen and oxygen atoms in total. The Balaban J connectivity index is 0.000000217. The lowest BCUT2D eigenvalue weighted by atomic mass is 10.2. The molecule has 2 aromatic heterocycles. The molecule has 0 atom stereocenters. The Morgan fingerprint density at radius 3 is 2.71 bits per heavy atom. The number of amides is 1. The summed E-state index contributed by atoms with van der Waals surface area (Å²) < 4.78 is 1.99. The lowest BCUT2D eigenvalue weighted by molar-refractivity contribution is -0.129. The summed E-state index contributed by atoms with van der Waals surface area (Å²) in [5.41, 5.74) is 2.98. The molecule has 1 amide bonds. The van der Waals surface area contributed by atoms with Crippen LogP contribution in [0.4, 0.5) is 0 Å². The van der Waals surface area contributed by atoms with Crippen molar-refractivity contribution >= 4 is 51.2 Å². The van der Waals surface area contributed by atoms with Gasteiger partial charge in [-0.05, 0) is 43.4 Å². The van der Waals surface area contributed by atoms with Crippen LogP contribution in [0.5, 0.6) is 0 Å². The molecule has 162 valence electrons. The second-order valence-electron chi connectivity index (χ2n) is 7.47. The Bertz CT molecular complexity index is 1200. The first-order valence-corrected chi connectivity index (χ1v) is 12.1. The number of nitrogens with one attached hydrogen (secondary N) is 1. The molecular weight excluding hydrogens is 430 g/mol. The summed E-state index contributed by atoms with van der Waals surface area (Å²) in [7, 11) is 0. The average molecular weight is 456 g/mol. The number of aromatic amines is 1. The monoisotopic (exact) mass is 455 g/mol. The molecule has 0 spiro atoms. The van der Waals surface area contributed by atoms with E-state index in [0.717, 1.165) is 40.5 Å². The molecule has 8 heteroatoms. The van der Waals surface area contributed by atoms with Gasteiger partial charge in [-0.3, -0.25) is 9.48 Å². The lowest BCUT2D eigenvalue weighted by Gasteiger charge is -2.12. The van der Waals surface area contributed by atoms with Crippen molar-refractivity contribution in [2.45, 2.75) is 37.8 Å². The van der Waals surface area contributed by atoms with Crippen molar-refractivity contribution in [3.05, 3.63) is 53.3 Å². The minimum absolute atomic E-state index is 0.313. The third-order valence-corrected chi connectivity index (χ3v) is 6.29. The van der Waals surface area contributed by atoms with E-state index in [-0.39, 0.29) is 0 Å². The number of hydrogen-bond acceptors (Lipinski definition) is 4. The van der Waals surface area contributed by atoms with E-state index in [2.05, 4.69) is 27.2 Å². The molecule has 0 aliphatic carbocycles. The van der Waals surface area contributed by atoms with Gasteiger partial charge in [-0.25, -0.2) is 4.98 Å². The van der Waals surface area contributed by atoms with Crippen molar-refractivity contribution in [1.82, 2.24) is 24.6 Å². The zero-order chi connectivity index (χ0) is 21.8. The van der Waals surface area contributed by atoms with E-state index in [1.165, 1.54) is 18.2 Å². The first-order chi connectivity index (χ1) is 15.1. The quantitative estimate of drug-likeness (QED) is 0.421. The molecule has 0 saturated carbocycles. The first kappa shape index (κ1) is 21.7. The molecule has 1 saturated heterocycles. The second-order valence-corrected chi connectivity index (χ2v) is 8.70. The summed E-state index contributed by atoms with van der Waals surface area (Å²) in [5.74, 6) is 1.19. The fourth-order valence-corrected chi connectivity index (χ4v) is 4.55. The molecule has 0 unspecified atom stereocenters. The van der Waals surface area contributed by atoms with Crippen LogP contribution >= 0.6 is 23.4 Å². The van der Waals surface area contributed by atoms with Crippen LogP contribution in [-0.4, -0.2) is 49.9 Å². The number of likely N-dealkylation sites (tertiary alicyclic amines) is 1. The molecule has 1 fully saturated rings. The van der Waals surface area contributed by atoms with E-state index in [1.807, 2.05) is 53.1 Å². The molecule has 2 aromatic carbocycles. The summed E-state index contributed by atoms with van der Waals surface area (Å²) in [6.07, 6.45) is 5.11. The Kier molecular flexibility index (Phi) is 6.83. The zero-order valence-corrected chi connectivity index (χ0v) is 19.3. The molecule has 5 rings (SSSR count). The maximum absolute atomic E-state index is 10.9. The number of imidazole rings is 1. The summed E-state index contributed by atoms with van der Waals surface area (Å²) >= 11 is 7.68. The highest BCUT2D eigenvalue weighted by Crippen LogP contribution is 2.26. The summed E-state index contributed by atoms with van der Waals surface area (Å²) in [6.45, 7) is 4.51. The third-order valence-electron chi connectivity index (χ3n) is 5.37. The lowest BCUT2D eigenvalue weighted by Crippen LogP contribution is -2.26. The molecular formula is C23H26ClN5OS. The molecule has 4 aromatic rings. The topological polar surface area (TPSA) is 66.8 Å². The molecule has 0 radical (unpaired) electrons. The van der Waals surface area contributed by atoms with Gasteiger partial charge in [0.2, 0.25) is 5.91 Å². The minimum Gasteiger partial charge on any atom is -0.343 e. The van der Waals surface area contributed by atoms with Crippen LogP contribution in [-0.2, 0) is 11.3 Å². The van der Waals surface area contributed by atoms with Crippen molar-refractivity contribution in [3.8, 4) is 0 Å². The Labute approximate surface area is 191 Å². The maximum atomic E-state index is 10.9. The van der Waals surface area contributed by atoms with Gasteiger partial charge in [-0.1, -0.05) is 36.7 Å². The van der Waals surface area contributed by atoms with Crippen molar-refractivity contribution in [2.24, 2.45) is 0 Å². The number of fused-ring (bicyclic) bond motifs is 2. The summed E-state index contributed by atoms with van der Waals surface area (Å²) in [4.78, 5) is 20.8. The van der Waals surface area contributed by atoms with Gasteiger partial charge in [-0.2, -0.15) is 5.10 Å². The number of rotatable bonds is 4. The largest absolute Gasteiger partial charge is 0.343 e. The molecule has 0 bridgehead atoms. The van der Waals surface area contributed by atoms with Gasteiger partial charge in [0.15, 0.2) is 0 Å². The molecule has 1 N–H and O–H groups in total. The van der Waals surface area contributed by atoms with Gasteiger partial charge in [0.05, 0.1) is 23.1 Å². The van der Waals surface area contributed by atoms with Crippen LogP contribution in [0.3, 0.4) is 0 Å². The second kappa shape index (κ2) is 9.75. The fraction of sp³-hybridized carbons (Fsp3) is 0.348. The van der Waals surface area contributed by atoms with Gasteiger partial charge < -0.3 is 9.88 Å². The first-order valence-electron chi connectivity index (χ1n) is 10.5. The highest BCUT2D eigenvalue weighted by Gasteiger charge is 2.15. The molecule has 1 aliphatic heterocycles. The summed E-state index contributed by atoms with van der Waals surface area (Å²) in [6, 6.07) is 13.9. The smallest absolute Gasteiger partial charge is 0.222 e. The minimum atomic E-state index is 0.313. The molecule has 1 aliphatic rings. The number of nitrogens with zero attached hydrogens (tertiary/aromatic N) is 4. The van der Waals surface area contributed by atoms with Crippen molar-refractivity contribution < 1.29 is 4.79 Å². The zero-order valence-electron chi connectivity index (χ0n) is 17.8. The number of carbonyl (C=O) groups is 1. The summed E-state index contributed by atoms with van der Waals surface area (Å²) in [5, 5.41) is 7.60. The number of hydrogen-bond donors (Lipinski definition) is 1. The van der Waals surface area contributed by atoms with Crippen LogP contribution in [0.1, 0.15) is 32.0 Å². The van der Waals surface area contributed by atoms with Crippen molar-refractivity contribution in [2.75, 3.05) is 19.3 Å². The van der Waals surface area contributed by atoms with E-state index in [1.54, 1.807) is 11.8 Å². The van der Waals surface area contributed by atoms with E-state index >= 15 is 0 Å². The van der Waals surface area contributed by atoms with Gasteiger partial charge in [0.25, 0.3) is 0 Å². The molecule has 3 heterocycles. The van der Waals surface area contributed by atoms with Crippen LogP contribution < -0.4 is 0 Å². The SMILES string of the molecule is CCC(=O)N1CCCC1.CSc1nn(Cc2nc3ccc(Cl)cc3[nH]2)c2ccccc12. The van der Waals surface area contributed by atoms with Gasteiger partial charge in [0, 0.05) is 29.9 Å². The number of carbonyl (C=O) groups excluding carboxylic acids is 1. The number of thioether (sulfide) groups is 1. The third kappa shape index (κ3) is 4.88. The van der Waals surface area contributed by atoms with E-state index in [4.69, 9.17) is 11.6 Å². The van der Waals surface area contributed by atoms with Crippen LogP contribution in [0.15, 0.2) is 47.5 Å². The van der Waals surface area contributed by atoms with E-state index < -0.39 is 0 Å². The predicted molar refractivity (Wildman–Crippen MR) is 128 cm³/mol. The molecule has 31 heavy (non-hydrogen) atoms. The normalized spacial score (nSPS) is 13.6. The Morgan fingerprint density at radius 2 is 1.97 bits per heavy atom. The number of H-pyrrole nitrogens is 1. The maximum Gasteiger partial charge on any atom is 0.222 e. The van der Waals surface area contributed by atoms with Crippen LogP contribution in [0.25, 0.3) is 21.9 Å². The van der Waals surface area contributed by atoms with Crippen LogP contribution in [0.2, 0.25) is 5.02 Å². The van der Waals surface area contributed by atoms with Gasteiger partial charge in [0.1, 0.15) is 10.9 Å². The van der Waals surface area contributed by atoms with E-state index in [0.29, 0.717) is 23.9 Å². The van der Waals surface area contributed by atoms with Gasteiger partial charge >= 0.3 is 0 Å². The van der Waals surface area contributed by atoms with Crippen LogP contribution in [0, 0.1) is 0 Å². The number of para-hydroxylation sites is 1. The number of aromatic nitrogens is 4. The Morgan fingerprint density at radius 1 is 1.19 bits per heavy atom. The van der Waals surface area contributed by atoms with E-state index in [9.17, 15) is 4.79 Å². The highest BCUT2D eigenvalue weighted by atomic mass is 35.5. The van der Waals surface area contributed by atoms with Crippen molar-refractivity contribution in [1.29, 1.82) is 0 Å².